The van der Waals surface area contributed by atoms with Gasteiger partial charge in [0.15, 0.2) is 0 Å². The van der Waals surface area contributed by atoms with Crippen molar-refractivity contribution >= 4 is 20.0 Å². The number of ether oxygens (including phenoxy) is 1. The molecule has 2 aliphatic heterocycles. The maximum atomic E-state index is 13.2. The topological polar surface area (TPSA) is 84.0 Å². The third kappa shape index (κ3) is 4.31. The summed E-state index contributed by atoms with van der Waals surface area (Å²) in [4.78, 5) is 0.223. The lowest BCUT2D eigenvalue weighted by Crippen LogP contribution is -2.40. The molecule has 0 aromatic heterocycles. The Morgan fingerprint density at radius 3 is 1.90 bits per heavy atom. The molecule has 2 heterocycles. The Morgan fingerprint density at radius 1 is 0.733 bits per heavy atom. The van der Waals surface area contributed by atoms with Crippen LogP contribution in [0.4, 0.5) is 0 Å². The first-order valence-electron chi connectivity index (χ1n) is 10.1. The molecule has 4 rings (SSSR count). The lowest BCUT2D eigenvalue weighted by Gasteiger charge is -2.32. The standard InChI is InChI=1S/C21H26N2O5S2/c24-29(25,22-13-15-28-16-14-22)20-8-10-21(11-9-20)30(26,27)23-12-4-7-19(17-23)18-5-2-1-3-6-18/h1-3,5-6,8-11,19H,4,7,12-17H2/t19-/m1/s1. The molecule has 0 N–H and O–H groups in total. The van der Waals surface area contributed by atoms with Crippen LogP contribution in [0.2, 0.25) is 0 Å². The molecule has 30 heavy (non-hydrogen) atoms. The van der Waals surface area contributed by atoms with Gasteiger partial charge in [0.2, 0.25) is 20.0 Å². The Balaban J connectivity index is 1.53. The van der Waals surface area contributed by atoms with Gasteiger partial charge in [0.05, 0.1) is 23.0 Å². The van der Waals surface area contributed by atoms with Crippen LogP contribution in [0.1, 0.15) is 24.3 Å². The summed E-state index contributed by atoms with van der Waals surface area (Å²) in [5, 5.41) is 0. The van der Waals surface area contributed by atoms with Crippen LogP contribution in [-0.4, -0.2) is 64.8 Å². The van der Waals surface area contributed by atoms with E-state index in [0.717, 1.165) is 18.4 Å². The number of hydrogen-bond acceptors (Lipinski definition) is 5. The van der Waals surface area contributed by atoms with Crippen molar-refractivity contribution in [2.75, 3.05) is 39.4 Å². The van der Waals surface area contributed by atoms with E-state index in [0.29, 0.717) is 39.4 Å². The first-order valence-corrected chi connectivity index (χ1v) is 13.0. The van der Waals surface area contributed by atoms with Gasteiger partial charge in [0.1, 0.15) is 0 Å². The Morgan fingerprint density at radius 2 is 1.30 bits per heavy atom. The second-order valence-electron chi connectivity index (χ2n) is 7.60. The van der Waals surface area contributed by atoms with Gasteiger partial charge >= 0.3 is 0 Å². The van der Waals surface area contributed by atoms with Crippen LogP contribution in [0, 0.1) is 0 Å². The van der Waals surface area contributed by atoms with Crippen molar-refractivity contribution in [1.82, 2.24) is 8.61 Å². The summed E-state index contributed by atoms with van der Waals surface area (Å²) < 4.78 is 60.0. The van der Waals surface area contributed by atoms with Gasteiger partial charge in [0.25, 0.3) is 0 Å². The van der Waals surface area contributed by atoms with E-state index < -0.39 is 20.0 Å². The highest BCUT2D eigenvalue weighted by Crippen LogP contribution is 2.30. The molecular formula is C21H26N2O5S2. The fourth-order valence-corrected chi connectivity index (χ4v) is 6.96. The number of benzene rings is 2. The van der Waals surface area contributed by atoms with Gasteiger partial charge < -0.3 is 4.74 Å². The predicted octanol–water partition coefficient (Wildman–Crippen LogP) is 2.28. The average molecular weight is 451 g/mol. The Hall–Kier alpha value is -1.78. The summed E-state index contributed by atoms with van der Waals surface area (Å²) in [5.41, 5.74) is 1.14. The predicted molar refractivity (Wildman–Crippen MR) is 113 cm³/mol. The summed E-state index contributed by atoms with van der Waals surface area (Å²) in [5.74, 6) is 0.163. The second kappa shape index (κ2) is 8.76. The summed E-state index contributed by atoms with van der Waals surface area (Å²) in [6.45, 7) is 2.24. The number of hydrogen-bond donors (Lipinski definition) is 0. The summed E-state index contributed by atoms with van der Waals surface area (Å²) >= 11 is 0. The summed E-state index contributed by atoms with van der Waals surface area (Å²) in [6.07, 6.45) is 1.75. The van der Waals surface area contributed by atoms with E-state index in [1.807, 2.05) is 30.3 Å². The highest BCUT2D eigenvalue weighted by atomic mass is 32.2. The Bertz CT molecular complexity index is 1060. The number of nitrogens with zero attached hydrogens (tertiary/aromatic N) is 2. The van der Waals surface area contributed by atoms with Crippen molar-refractivity contribution < 1.29 is 21.6 Å². The number of piperidine rings is 1. The van der Waals surface area contributed by atoms with E-state index in [1.165, 1.54) is 32.9 Å². The zero-order valence-electron chi connectivity index (χ0n) is 16.7. The van der Waals surface area contributed by atoms with Crippen LogP contribution in [0.25, 0.3) is 0 Å². The minimum absolute atomic E-state index is 0.101. The highest BCUT2D eigenvalue weighted by molar-refractivity contribution is 7.89. The van der Waals surface area contributed by atoms with Crippen molar-refractivity contribution in [3.63, 3.8) is 0 Å². The molecule has 2 aromatic carbocycles. The van der Waals surface area contributed by atoms with Gasteiger partial charge in [-0.05, 0) is 48.6 Å². The Kier molecular flexibility index (Phi) is 6.26. The molecule has 162 valence electrons. The van der Waals surface area contributed by atoms with Crippen molar-refractivity contribution in [3.8, 4) is 0 Å². The van der Waals surface area contributed by atoms with E-state index in [2.05, 4.69) is 0 Å². The van der Waals surface area contributed by atoms with Crippen LogP contribution in [0.5, 0.6) is 0 Å². The van der Waals surface area contributed by atoms with E-state index in [9.17, 15) is 16.8 Å². The molecule has 9 heteroatoms. The van der Waals surface area contributed by atoms with E-state index in [-0.39, 0.29) is 15.7 Å². The molecule has 7 nitrogen and oxygen atoms in total. The second-order valence-corrected chi connectivity index (χ2v) is 11.5. The van der Waals surface area contributed by atoms with Gasteiger partial charge in [-0.1, -0.05) is 30.3 Å². The molecule has 0 spiro atoms. The van der Waals surface area contributed by atoms with E-state index in [4.69, 9.17) is 4.74 Å². The lowest BCUT2D eigenvalue weighted by atomic mass is 9.92. The smallest absolute Gasteiger partial charge is 0.243 e. The van der Waals surface area contributed by atoms with E-state index in [1.54, 1.807) is 0 Å². The third-order valence-electron chi connectivity index (χ3n) is 5.72. The van der Waals surface area contributed by atoms with Crippen molar-refractivity contribution in [3.05, 3.63) is 60.2 Å². The van der Waals surface area contributed by atoms with Gasteiger partial charge in [-0.3, -0.25) is 0 Å². The molecule has 0 amide bonds. The van der Waals surface area contributed by atoms with Crippen molar-refractivity contribution in [2.45, 2.75) is 28.6 Å². The Labute approximate surface area is 178 Å². The molecule has 1 atom stereocenters. The van der Waals surface area contributed by atoms with Crippen LogP contribution < -0.4 is 0 Å². The van der Waals surface area contributed by atoms with Crippen LogP contribution in [0.3, 0.4) is 0 Å². The first kappa shape index (κ1) is 21.5. The van der Waals surface area contributed by atoms with E-state index >= 15 is 0 Å². The third-order valence-corrected chi connectivity index (χ3v) is 9.52. The van der Waals surface area contributed by atoms with Crippen LogP contribution in [0.15, 0.2) is 64.4 Å². The van der Waals surface area contributed by atoms with Gasteiger partial charge in [-0.2, -0.15) is 8.61 Å². The maximum Gasteiger partial charge on any atom is 0.243 e. The first-order chi connectivity index (χ1) is 14.4. The summed E-state index contributed by atoms with van der Waals surface area (Å²) in [7, 11) is -7.33. The molecular weight excluding hydrogens is 424 g/mol. The molecule has 2 saturated heterocycles. The molecule has 0 saturated carbocycles. The monoisotopic (exact) mass is 450 g/mol. The SMILES string of the molecule is O=S(=O)(c1ccc(S(=O)(=O)N2CCC[C@@H](c3ccccc3)C2)cc1)N1CCOCC1. The summed E-state index contributed by atoms with van der Waals surface area (Å²) in [6, 6.07) is 15.5. The van der Waals surface area contributed by atoms with Gasteiger partial charge in [-0.25, -0.2) is 16.8 Å². The zero-order chi connectivity index (χ0) is 21.2. The van der Waals surface area contributed by atoms with Crippen LogP contribution in [-0.2, 0) is 24.8 Å². The van der Waals surface area contributed by atoms with Gasteiger partial charge in [0, 0.05) is 26.2 Å². The highest BCUT2D eigenvalue weighted by Gasteiger charge is 2.32. The minimum atomic E-state index is -3.69. The number of rotatable bonds is 5. The largest absolute Gasteiger partial charge is 0.379 e. The minimum Gasteiger partial charge on any atom is -0.379 e. The maximum absolute atomic E-state index is 13.2. The zero-order valence-corrected chi connectivity index (χ0v) is 18.3. The molecule has 2 fully saturated rings. The fourth-order valence-electron chi connectivity index (χ4n) is 4.03. The molecule has 0 aliphatic carbocycles. The van der Waals surface area contributed by atoms with Crippen molar-refractivity contribution in [1.29, 1.82) is 0 Å². The molecule has 2 aliphatic rings. The van der Waals surface area contributed by atoms with Crippen molar-refractivity contribution in [2.24, 2.45) is 0 Å². The van der Waals surface area contributed by atoms with Gasteiger partial charge in [-0.15, -0.1) is 0 Å². The number of sulfonamides is 2. The fraction of sp³-hybridized carbons (Fsp3) is 0.429. The molecule has 0 unspecified atom stereocenters. The molecule has 2 aromatic rings. The van der Waals surface area contributed by atoms with Crippen LogP contribution >= 0.6 is 0 Å². The average Bonchev–Trinajstić information content (AvgIpc) is 2.80. The lowest BCUT2D eigenvalue weighted by molar-refractivity contribution is 0.0730. The number of morpholine rings is 1. The molecule has 0 radical (unpaired) electrons. The molecule has 0 bridgehead atoms. The quantitative estimate of drug-likeness (QED) is 0.698. The normalized spacial score (nSPS) is 22.1.